The van der Waals surface area contributed by atoms with Crippen LogP contribution in [0, 0.1) is 35.5 Å². The van der Waals surface area contributed by atoms with Crippen molar-refractivity contribution in [3.8, 4) is 23.7 Å². The fourth-order valence-electron chi connectivity index (χ4n) is 4.38. The number of hydrogen-bond acceptors (Lipinski definition) is 1. The van der Waals surface area contributed by atoms with Crippen LogP contribution in [0.4, 0.5) is 26.3 Å². The topological polar surface area (TPSA) is 0 Å². The van der Waals surface area contributed by atoms with E-state index in [1.54, 1.807) is 39.8 Å². The summed E-state index contributed by atoms with van der Waals surface area (Å²) in [7, 11) is 0. The van der Waals surface area contributed by atoms with Gasteiger partial charge in [0, 0.05) is 21.6 Å². The summed E-state index contributed by atoms with van der Waals surface area (Å²) < 4.78 is 85.8. The van der Waals surface area contributed by atoms with Crippen molar-refractivity contribution in [2.75, 3.05) is 0 Å². The van der Waals surface area contributed by atoms with Gasteiger partial charge < -0.3 is 0 Å². The zero-order valence-electron chi connectivity index (χ0n) is 22.5. The average molecular weight is 563 g/mol. The van der Waals surface area contributed by atoms with E-state index in [9.17, 15) is 26.3 Å². The zero-order chi connectivity index (χ0) is 28.5. The molecule has 0 amide bonds. The van der Waals surface area contributed by atoms with Crippen LogP contribution in [-0.2, 0) is 12.4 Å². The average Bonchev–Trinajstić information content (AvgIpc) is 2.76. The van der Waals surface area contributed by atoms with Gasteiger partial charge in [-0.15, -0.1) is 0 Å². The molecule has 2 fully saturated rings. The summed E-state index contributed by atoms with van der Waals surface area (Å²) in [6, 6.07) is 5.55. The second-order valence-corrected chi connectivity index (χ2v) is 12.2. The molecular weight excluding hydrogens is 530 g/mol. The smallest absolute Gasteiger partial charge is 0.166 e. The van der Waals surface area contributed by atoms with Gasteiger partial charge in [-0.1, -0.05) is 76.0 Å². The van der Waals surface area contributed by atoms with E-state index in [4.69, 9.17) is 0 Å². The van der Waals surface area contributed by atoms with Gasteiger partial charge in [-0.05, 0) is 72.9 Å². The number of benzene rings is 2. The van der Waals surface area contributed by atoms with Crippen LogP contribution in [0.25, 0.3) is 0 Å². The van der Waals surface area contributed by atoms with Gasteiger partial charge in [0.1, 0.15) is 0 Å². The van der Waals surface area contributed by atoms with Gasteiger partial charge in [0.15, 0.2) is 0 Å². The highest BCUT2D eigenvalue weighted by Crippen LogP contribution is 2.45. The molecule has 0 aromatic heterocycles. The second-order valence-electron chi connectivity index (χ2n) is 11.1. The Hall–Kier alpha value is -2.51. The number of alkyl halides is 6. The summed E-state index contributed by atoms with van der Waals surface area (Å²) in [5.74, 6) is 11.2. The molecule has 39 heavy (non-hydrogen) atoms. The van der Waals surface area contributed by atoms with Crippen LogP contribution < -0.4 is 0 Å². The molecule has 0 atom stereocenters. The molecule has 0 unspecified atom stereocenters. The number of halogens is 6. The quantitative estimate of drug-likeness (QED) is 0.264. The predicted molar refractivity (Wildman–Crippen MR) is 144 cm³/mol. The fourth-order valence-corrected chi connectivity index (χ4v) is 5.53. The molecule has 0 aliphatic heterocycles. The lowest BCUT2D eigenvalue weighted by Crippen LogP contribution is -2.12. The standard InChI is InChI=1S/C32H32F6S/c1-19(2)23-15-27(31(33,34)35)25(13-11-21-7-5-8-21)29(17-23)39-30-18-24(20(3)4)16-28(32(36,37)38)26(30)14-12-22-9-6-10-22/h15-22H,5-10H2,1-4H3. The van der Waals surface area contributed by atoms with Crippen LogP contribution in [0.15, 0.2) is 34.1 Å². The maximum absolute atomic E-state index is 14.3. The van der Waals surface area contributed by atoms with E-state index < -0.39 is 23.5 Å². The maximum Gasteiger partial charge on any atom is 0.417 e. The first kappa shape index (κ1) is 29.5. The monoisotopic (exact) mass is 562 g/mol. The van der Waals surface area contributed by atoms with Gasteiger partial charge in [0.2, 0.25) is 0 Å². The molecule has 7 heteroatoms. The minimum absolute atomic E-state index is 0.0405. The highest BCUT2D eigenvalue weighted by molar-refractivity contribution is 7.99. The highest BCUT2D eigenvalue weighted by Gasteiger charge is 2.37. The molecule has 4 rings (SSSR count). The summed E-state index contributed by atoms with van der Waals surface area (Å²) in [5, 5.41) is 0. The molecule has 0 spiro atoms. The van der Waals surface area contributed by atoms with Crippen LogP contribution in [-0.4, -0.2) is 0 Å². The van der Waals surface area contributed by atoms with Gasteiger partial charge in [-0.3, -0.25) is 0 Å². The van der Waals surface area contributed by atoms with Crippen LogP contribution in [0.3, 0.4) is 0 Å². The van der Waals surface area contributed by atoms with Gasteiger partial charge >= 0.3 is 12.4 Å². The third kappa shape index (κ3) is 6.98. The van der Waals surface area contributed by atoms with E-state index in [1.807, 2.05) is 0 Å². The first-order valence-electron chi connectivity index (χ1n) is 13.4. The minimum Gasteiger partial charge on any atom is -0.166 e. The molecule has 0 nitrogen and oxygen atoms in total. The van der Waals surface area contributed by atoms with Crippen LogP contribution in [0.2, 0.25) is 0 Å². The van der Waals surface area contributed by atoms with E-state index >= 15 is 0 Å². The first-order valence-corrected chi connectivity index (χ1v) is 14.3. The summed E-state index contributed by atoms with van der Waals surface area (Å²) in [6.45, 7) is 7.17. The highest BCUT2D eigenvalue weighted by atomic mass is 32.2. The molecule has 2 aliphatic rings. The molecule has 0 heterocycles. The van der Waals surface area contributed by atoms with Crippen LogP contribution in [0.5, 0.6) is 0 Å². The van der Waals surface area contributed by atoms with E-state index in [0.717, 1.165) is 62.4 Å². The second kappa shape index (κ2) is 11.5. The van der Waals surface area contributed by atoms with Crippen molar-refractivity contribution >= 4 is 11.8 Å². The molecule has 2 saturated carbocycles. The zero-order valence-corrected chi connectivity index (χ0v) is 23.4. The fraction of sp³-hybridized carbons (Fsp3) is 0.500. The summed E-state index contributed by atoms with van der Waals surface area (Å²) >= 11 is 0.914. The maximum atomic E-state index is 14.3. The Balaban J connectivity index is 1.96. The van der Waals surface area contributed by atoms with Gasteiger partial charge in [0.25, 0.3) is 0 Å². The molecule has 0 bridgehead atoms. The molecule has 2 aliphatic carbocycles. The van der Waals surface area contributed by atoms with E-state index in [0.29, 0.717) is 11.1 Å². The SMILES string of the molecule is CC(C)c1cc(Sc2cc(C(C)C)cc(C(F)(F)F)c2C#CC2CCC2)c(C#CC2CCC2)c(C(F)(F)F)c1. The molecule has 0 N–H and O–H groups in total. The first-order chi connectivity index (χ1) is 18.2. The molecule has 0 radical (unpaired) electrons. The Morgan fingerprint density at radius 3 is 1.26 bits per heavy atom. The van der Waals surface area contributed by atoms with Crippen molar-refractivity contribution < 1.29 is 26.3 Å². The molecule has 2 aromatic rings. The molecular formula is C32H32F6S. The third-order valence-corrected chi connectivity index (χ3v) is 8.51. The van der Waals surface area contributed by atoms with Crippen molar-refractivity contribution in [1.29, 1.82) is 0 Å². The van der Waals surface area contributed by atoms with Crippen molar-refractivity contribution in [3.63, 3.8) is 0 Å². The predicted octanol–water partition coefficient (Wildman–Crippen LogP) is 10.4. The third-order valence-electron chi connectivity index (χ3n) is 7.43. The van der Waals surface area contributed by atoms with Gasteiger partial charge in [0.05, 0.1) is 22.3 Å². The summed E-state index contributed by atoms with van der Waals surface area (Å²) in [6.07, 6.45) is -3.98. The minimum atomic E-state index is -4.66. The Morgan fingerprint density at radius 2 is 1.00 bits per heavy atom. The van der Waals surface area contributed by atoms with Crippen molar-refractivity contribution in [2.24, 2.45) is 11.8 Å². The lowest BCUT2D eigenvalue weighted by Gasteiger charge is -2.22. The summed E-state index contributed by atoms with van der Waals surface area (Å²) in [5.41, 5.74) is -1.13. The van der Waals surface area contributed by atoms with Gasteiger partial charge in [-0.2, -0.15) is 26.3 Å². The van der Waals surface area contributed by atoms with Gasteiger partial charge in [-0.25, -0.2) is 0 Å². The number of hydrogen-bond donors (Lipinski definition) is 0. The largest absolute Gasteiger partial charge is 0.417 e. The molecule has 208 valence electrons. The molecule has 0 saturated heterocycles. The Bertz CT molecular complexity index is 1230. The Kier molecular flexibility index (Phi) is 8.72. The lowest BCUT2D eigenvalue weighted by molar-refractivity contribution is -0.138. The van der Waals surface area contributed by atoms with E-state index in [2.05, 4.69) is 23.7 Å². The number of rotatable bonds is 4. The summed E-state index contributed by atoms with van der Waals surface area (Å²) in [4.78, 5) is 0.419. The van der Waals surface area contributed by atoms with Crippen molar-refractivity contribution in [1.82, 2.24) is 0 Å². The van der Waals surface area contributed by atoms with Crippen LogP contribution in [0.1, 0.15) is 111 Å². The van der Waals surface area contributed by atoms with E-state index in [1.165, 1.54) is 0 Å². The Labute approximate surface area is 231 Å². The molecule has 2 aromatic carbocycles. The van der Waals surface area contributed by atoms with Crippen molar-refractivity contribution in [2.45, 2.75) is 100 Å². The normalized spacial score (nSPS) is 16.3. The van der Waals surface area contributed by atoms with E-state index in [-0.39, 0.29) is 44.6 Å². The van der Waals surface area contributed by atoms with Crippen LogP contribution >= 0.6 is 11.8 Å². The Morgan fingerprint density at radius 1 is 0.641 bits per heavy atom. The lowest BCUT2D eigenvalue weighted by atomic mass is 9.86. The van der Waals surface area contributed by atoms with Crippen molar-refractivity contribution in [3.05, 3.63) is 57.6 Å².